The average Bonchev–Trinajstić information content (AvgIpc) is 3.23. The summed E-state index contributed by atoms with van der Waals surface area (Å²) in [6, 6.07) is 7.42. The van der Waals surface area contributed by atoms with E-state index in [9.17, 15) is 4.79 Å². The number of amides is 1. The van der Waals surface area contributed by atoms with Crippen molar-refractivity contribution in [1.82, 2.24) is 0 Å². The summed E-state index contributed by atoms with van der Waals surface area (Å²) in [4.78, 5) is 13.2. The van der Waals surface area contributed by atoms with Crippen molar-refractivity contribution in [3.63, 3.8) is 0 Å². The van der Waals surface area contributed by atoms with E-state index in [-0.39, 0.29) is 5.91 Å². The number of carbonyl (C=O) groups excluding carboxylic acids is 1. The highest BCUT2D eigenvalue weighted by molar-refractivity contribution is 7.12. The molecule has 1 N–H and O–H groups in total. The number of methoxy groups -OCH3 is 2. The first kappa shape index (κ1) is 13.9. The predicted octanol–water partition coefficient (Wildman–Crippen LogP) is 3.90. The second-order valence-corrected chi connectivity index (χ2v) is 5.92. The normalized spacial score (nSPS) is 13.8. The minimum Gasteiger partial charge on any atom is -0.493 e. The van der Waals surface area contributed by atoms with Crippen molar-refractivity contribution in [2.24, 2.45) is 0 Å². The average molecular weight is 303 g/mol. The van der Waals surface area contributed by atoms with Crippen molar-refractivity contribution in [3.8, 4) is 11.5 Å². The van der Waals surface area contributed by atoms with Gasteiger partial charge in [0.15, 0.2) is 11.5 Å². The zero-order valence-electron chi connectivity index (χ0n) is 12.0. The van der Waals surface area contributed by atoms with E-state index in [1.54, 1.807) is 26.4 Å². The Morgan fingerprint density at radius 2 is 1.95 bits per heavy atom. The van der Waals surface area contributed by atoms with Gasteiger partial charge in [0.2, 0.25) is 0 Å². The molecule has 3 rings (SSSR count). The topological polar surface area (TPSA) is 47.6 Å². The number of carbonyl (C=O) groups is 1. The highest BCUT2D eigenvalue weighted by Crippen LogP contribution is 2.43. The smallest absolute Gasteiger partial charge is 0.266 e. The van der Waals surface area contributed by atoms with Crippen molar-refractivity contribution >= 4 is 22.9 Å². The maximum atomic E-state index is 12.4. The van der Waals surface area contributed by atoms with Gasteiger partial charge in [-0.25, -0.2) is 0 Å². The molecule has 0 unspecified atom stereocenters. The molecular weight excluding hydrogens is 286 g/mol. The van der Waals surface area contributed by atoms with E-state index >= 15 is 0 Å². The lowest BCUT2D eigenvalue weighted by Crippen LogP contribution is -2.12. The second-order valence-electron chi connectivity index (χ2n) is 5.00. The Kier molecular flexibility index (Phi) is 3.84. The van der Waals surface area contributed by atoms with Crippen molar-refractivity contribution in [2.45, 2.75) is 18.8 Å². The third kappa shape index (κ3) is 2.88. The fraction of sp³-hybridized carbons (Fsp3) is 0.312. The highest BCUT2D eigenvalue weighted by Gasteiger charge is 2.28. The standard InChI is InChI=1S/C16H17NO3S/c1-19-13-6-5-11(9-14(13)20-2)17-16(18)15-12(7-8-21-15)10-3-4-10/h5-10H,3-4H2,1-2H3,(H,17,18). The van der Waals surface area contributed by atoms with E-state index < -0.39 is 0 Å². The molecule has 0 saturated heterocycles. The van der Waals surface area contributed by atoms with Crippen LogP contribution in [0.1, 0.15) is 34.0 Å². The Bertz CT molecular complexity index is 661. The van der Waals surface area contributed by atoms with Crippen molar-refractivity contribution < 1.29 is 14.3 Å². The van der Waals surface area contributed by atoms with Crippen LogP contribution in [0.4, 0.5) is 5.69 Å². The van der Waals surface area contributed by atoms with Crippen LogP contribution in [0.25, 0.3) is 0 Å². The molecule has 1 fully saturated rings. The SMILES string of the molecule is COc1ccc(NC(=O)c2sccc2C2CC2)cc1OC. The minimum atomic E-state index is -0.0564. The van der Waals surface area contributed by atoms with Gasteiger partial charge in [0, 0.05) is 11.8 Å². The Morgan fingerprint density at radius 3 is 2.62 bits per heavy atom. The van der Waals surface area contributed by atoms with Crippen molar-refractivity contribution in [2.75, 3.05) is 19.5 Å². The fourth-order valence-corrected chi connectivity index (χ4v) is 3.20. The van der Waals surface area contributed by atoms with E-state index in [1.165, 1.54) is 29.7 Å². The van der Waals surface area contributed by atoms with Gasteiger partial charge in [-0.15, -0.1) is 11.3 Å². The molecular formula is C16H17NO3S. The van der Waals surface area contributed by atoms with Gasteiger partial charge in [0.1, 0.15) is 0 Å². The Balaban J connectivity index is 1.79. The summed E-state index contributed by atoms with van der Waals surface area (Å²) in [5.74, 6) is 1.76. The van der Waals surface area contributed by atoms with Crippen LogP contribution in [0, 0.1) is 0 Å². The molecule has 0 spiro atoms. The number of hydrogen-bond acceptors (Lipinski definition) is 4. The maximum Gasteiger partial charge on any atom is 0.266 e. The van der Waals surface area contributed by atoms with E-state index in [2.05, 4.69) is 11.4 Å². The molecule has 0 atom stereocenters. The van der Waals surface area contributed by atoms with Crippen LogP contribution in [-0.4, -0.2) is 20.1 Å². The van der Waals surface area contributed by atoms with Gasteiger partial charge in [-0.3, -0.25) is 4.79 Å². The van der Waals surface area contributed by atoms with E-state index in [0.29, 0.717) is 23.1 Å². The Hall–Kier alpha value is -2.01. The first-order chi connectivity index (χ1) is 10.2. The summed E-state index contributed by atoms with van der Waals surface area (Å²) in [6.45, 7) is 0. The van der Waals surface area contributed by atoms with Crippen LogP contribution in [0.15, 0.2) is 29.6 Å². The van der Waals surface area contributed by atoms with Crippen LogP contribution < -0.4 is 14.8 Å². The first-order valence-corrected chi connectivity index (χ1v) is 7.71. The van der Waals surface area contributed by atoms with Crippen LogP contribution in [0.3, 0.4) is 0 Å². The van der Waals surface area contributed by atoms with Gasteiger partial charge in [0.05, 0.1) is 19.1 Å². The van der Waals surface area contributed by atoms with Gasteiger partial charge in [-0.2, -0.15) is 0 Å². The fourth-order valence-electron chi connectivity index (χ4n) is 2.32. The predicted molar refractivity (Wildman–Crippen MR) is 83.8 cm³/mol. The second kappa shape index (κ2) is 5.77. The molecule has 1 aromatic carbocycles. The molecule has 1 saturated carbocycles. The van der Waals surface area contributed by atoms with Crippen molar-refractivity contribution in [1.29, 1.82) is 0 Å². The van der Waals surface area contributed by atoms with Crippen LogP contribution in [0.5, 0.6) is 11.5 Å². The van der Waals surface area contributed by atoms with Gasteiger partial charge >= 0.3 is 0 Å². The molecule has 4 nitrogen and oxygen atoms in total. The molecule has 1 heterocycles. The third-order valence-corrected chi connectivity index (χ3v) is 4.49. The van der Waals surface area contributed by atoms with E-state index in [1.807, 2.05) is 11.4 Å². The first-order valence-electron chi connectivity index (χ1n) is 6.83. The number of ether oxygens (including phenoxy) is 2. The van der Waals surface area contributed by atoms with Gasteiger partial charge < -0.3 is 14.8 Å². The zero-order valence-corrected chi connectivity index (χ0v) is 12.8. The zero-order chi connectivity index (χ0) is 14.8. The largest absolute Gasteiger partial charge is 0.493 e. The van der Waals surface area contributed by atoms with Gasteiger partial charge in [-0.05, 0) is 47.9 Å². The molecule has 1 aliphatic rings. The van der Waals surface area contributed by atoms with Gasteiger partial charge in [-0.1, -0.05) is 0 Å². The summed E-state index contributed by atoms with van der Waals surface area (Å²) in [6.07, 6.45) is 2.38. The number of hydrogen-bond donors (Lipinski definition) is 1. The number of benzene rings is 1. The molecule has 0 radical (unpaired) electrons. The highest BCUT2D eigenvalue weighted by atomic mass is 32.1. The molecule has 1 amide bonds. The lowest BCUT2D eigenvalue weighted by Gasteiger charge is -2.10. The monoisotopic (exact) mass is 303 g/mol. The van der Waals surface area contributed by atoms with E-state index in [4.69, 9.17) is 9.47 Å². The van der Waals surface area contributed by atoms with Gasteiger partial charge in [0.25, 0.3) is 5.91 Å². The van der Waals surface area contributed by atoms with E-state index in [0.717, 1.165) is 4.88 Å². The quantitative estimate of drug-likeness (QED) is 0.911. The number of thiophene rings is 1. The lowest BCUT2D eigenvalue weighted by atomic mass is 10.1. The molecule has 1 aliphatic carbocycles. The van der Waals surface area contributed by atoms with Crippen LogP contribution in [-0.2, 0) is 0 Å². The summed E-state index contributed by atoms with van der Waals surface area (Å²) < 4.78 is 10.4. The summed E-state index contributed by atoms with van der Waals surface area (Å²) in [7, 11) is 3.16. The number of nitrogens with one attached hydrogen (secondary N) is 1. The number of rotatable bonds is 5. The molecule has 2 aromatic rings. The summed E-state index contributed by atoms with van der Waals surface area (Å²) in [5.41, 5.74) is 1.88. The molecule has 1 aromatic heterocycles. The minimum absolute atomic E-state index is 0.0564. The summed E-state index contributed by atoms with van der Waals surface area (Å²) >= 11 is 1.49. The summed E-state index contributed by atoms with van der Waals surface area (Å²) in [5, 5.41) is 4.91. The molecule has 110 valence electrons. The van der Waals surface area contributed by atoms with Crippen molar-refractivity contribution in [3.05, 3.63) is 40.1 Å². The third-order valence-electron chi connectivity index (χ3n) is 3.56. The Morgan fingerprint density at radius 1 is 1.19 bits per heavy atom. The molecule has 21 heavy (non-hydrogen) atoms. The molecule has 0 bridgehead atoms. The van der Waals surface area contributed by atoms with Crippen LogP contribution in [0.2, 0.25) is 0 Å². The Labute approximate surface area is 127 Å². The maximum absolute atomic E-state index is 12.4. The van der Waals surface area contributed by atoms with Crippen LogP contribution >= 0.6 is 11.3 Å². The lowest BCUT2D eigenvalue weighted by molar-refractivity contribution is 0.102. The molecule has 0 aliphatic heterocycles. The number of anilines is 1. The molecule has 5 heteroatoms.